The van der Waals surface area contributed by atoms with Crippen molar-refractivity contribution in [2.75, 3.05) is 6.61 Å². The zero-order valence-corrected chi connectivity index (χ0v) is 12.7. The largest absolute Gasteiger partial charge is 0.394 e. The molecule has 0 aliphatic rings. The van der Waals surface area contributed by atoms with E-state index in [-0.39, 0.29) is 24.9 Å². The molecule has 1 atom stereocenters. The first kappa shape index (κ1) is 16.6. The highest BCUT2D eigenvalue weighted by Gasteiger charge is 2.17. The van der Waals surface area contributed by atoms with Crippen molar-refractivity contribution in [3.8, 4) is 0 Å². The van der Waals surface area contributed by atoms with Gasteiger partial charge in [0.2, 0.25) is 5.91 Å². The lowest BCUT2D eigenvalue weighted by atomic mass is 10.0. The number of rotatable bonds is 7. The van der Waals surface area contributed by atoms with Gasteiger partial charge in [0.15, 0.2) is 0 Å². The minimum atomic E-state index is -0.625. The monoisotopic (exact) mass is 318 g/mol. The van der Waals surface area contributed by atoms with Gasteiger partial charge in [-0.05, 0) is 22.5 Å². The Hall–Kier alpha value is -2.74. The molecule has 0 bridgehead atoms. The second-order valence-corrected chi connectivity index (χ2v) is 5.03. The highest BCUT2D eigenvalue weighted by Crippen LogP contribution is 2.14. The van der Waals surface area contributed by atoms with Crippen molar-refractivity contribution >= 4 is 11.7 Å². The summed E-state index contributed by atoms with van der Waals surface area (Å²) < 4.78 is 1.18. The summed E-state index contributed by atoms with van der Waals surface area (Å²) >= 11 is 0. The van der Waals surface area contributed by atoms with E-state index in [4.69, 9.17) is 0 Å². The Morgan fingerprint density at radius 1 is 1.39 bits per heavy atom. The van der Waals surface area contributed by atoms with Crippen LogP contribution in [0.5, 0.6) is 0 Å². The van der Waals surface area contributed by atoms with Gasteiger partial charge >= 0.3 is 5.82 Å². The number of carbonyl (C=O) groups is 1. The second-order valence-electron chi connectivity index (χ2n) is 5.03. The van der Waals surface area contributed by atoms with Crippen molar-refractivity contribution in [2.45, 2.75) is 25.9 Å². The lowest BCUT2D eigenvalue weighted by Gasteiger charge is -2.16. The van der Waals surface area contributed by atoms with Gasteiger partial charge in [-0.25, -0.2) is 0 Å². The van der Waals surface area contributed by atoms with E-state index >= 15 is 0 Å². The molecule has 2 N–H and O–H groups in total. The van der Waals surface area contributed by atoms with E-state index in [1.54, 1.807) is 0 Å². The highest BCUT2D eigenvalue weighted by atomic mass is 16.6. The summed E-state index contributed by atoms with van der Waals surface area (Å²) in [5.74, 6) is -0.701. The molecule has 0 saturated carbocycles. The molecule has 0 aliphatic carbocycles. The van der Waals surface area contributed by atoms with Crippen molar-refractivity contribution in [1.82, 2.24) is 15.1 Å². The summed E-state index contributed by atoms with van der Waals surface area (Å²) in [5.41, 5.74) is 1.96. The summed E-state index contributed by atoms with van der Waals surface area (Å²) in [6, 6.07) is 8.30. The number of carbonyl (C=O) groups excluding carboxylic acids is 1. The molecule has 1 heterocycles. The van der Waals surface area contributed by atoms with Gasteiger partial charge in [-0.15, -0.1) is 0 Å². The third-order valence-electron chi connectivity index (χ3n) is 3.43. The summed E-state index contributed by atoms with van der Waals surface area (Å²) in [6.07, 6.45) is 2.27. The zero-order valence-electron chi connectivity index (χ0n) is 12.7. The smallest absolute Gasteiger partial charge is 0.389 e. The molecule has 2 aromatic rings. The van der Waals surface area contributed by atoms with Crippen LogP contribution in [0.4, 0.5) is 5.82 Å². The predicted octanol–water partition coefficient (Wildman–Crippen LogP) is 1.20. The van der Waals surface area contributed by atoms with Crippen LogP contribution in [0.2, 0.25) is 0 Å². The molecule has 8 heteroatoms. The third-order valence-corrected chi connectivity index (χ3v) is 3.43. The molecule has 2 rings (SSSR count). The van der Waals surface area contributed by atoms with Crippen molar-refractivity contribution in [1.29, 1.82) is 0 Å². The molecule has 0 fully saturated rings. The van der Waals surface area contributed by atoms with Crippen LogP contribution in [0, 0.1) is 10.1 Å². The van der Waals surface area contributed by atoms with Crippen molar-refractivity contribution in [2.24, 2.45) is 0 Å². The van der Waals surface area contributed by atoms with Crippen molar-refractivity contribution in [3.05, 3.63) is 57.8 Å². The maximum atomic E-state index is 12.0. The minimum Gasteiger partial charge on any atom is -0.394 e. The lowest BCUT2D eigenvalue weighted by Crippen LogP contribution is -2.33. The summed E-state index contributed by atoms with van der Waals surface area (Å²) in [6.45, 7) is 1.65. The first-order chi connectivity index (χ1) is 11.0. The molecule has 0 spiro atoms. The number of amides is 1. The van der Waals surface area contributed by atoms with Gasteiger partial charge in [0, 0.05) is 0 Å². The van der Waals surface area contributed by atoms with E-state index in [0.29, 0.717) is 0 Å². The van der Waals surface area contributed by atoms with Gasteiger partial charge in [-0.3, -0.25) is 4.79 Å². The molecule has 23 heavy (non-hydrogen) atoms. The number of hydrogen-bond donors (Lipinski definition) is 2. The fraction of sp³-hybridized carbons (Fsp3) is 0.333. The van der Waals surface area contributed by atoms with Gasteiger partial charge in [-0.1, -0.05) is 31.2 Å². The van der Waals surface area contributed by atoms with E-state index in [1.165, 1.54) is 22.5 Å². The number of aliphatic hydroxyl groups excluding tert-OH is 1. The minimum absolute atomic E-state index is 0.155. The van der Waals surface area contributed by atoms with Crippen LogP contribution in [0.3, 0.4) is 0 Å². The second kappa shape index (κ2) is 7.50. The Kier molecular flexibility index (Phi) is 5.42. The Bertz CT molecular complexity index is 681. The molecule has 1 unspecified atom stereocenters. The molecule has 0 aliphatic heterocycles. The number of nitrogens with zero attached hydrogens (tertiary/aromatic N) is 3. The van der Waals surface area contributed by atoms with E-state index in [0.717, 1.165) is 12.0 Å². The standard InChI is InChI=1S/C15H18N4O4/c1-2-11-3-5-12(6-4-11)13(10-20)16-15(21)9-18-8-7-14(17-18)19(22)23/h3-8,13,20H,2,9-10H2,1H3,(H,16,21). The van der Waals surface area contributed by atoms with Crippen LogP contribution in [0.1, 0.15) is 24.1 Å². The predicted molar refractivity (Wildman–Crippen MR) is 82.7 cm³/mol. The van der Waals surface area contributed by atoms with Gasteiger partial charge in [-0.2, -0.15) is 4.68 Å². The van der Waals surface area contributed by atoms with Crippen LogP contribution in [0.25, 0.3) is 0 Å². The summed E-state index contributed by atoms with van der Waals surface area (Å²) in [5, 5.41) is 26.4. The number of nitro groups is 1. The molecular formula is C15H18N4O4. The molecular weight excluding hydrogens is 300 g/mol. The van der Waals surface area contributed by atoms with Crippen LogP contribution < -0.4 is 5.32 Å². The van der Waals surface area contributed by atoms with Crippen LogP contribution in [-0.4, -0.2) is 32.3 Å². The maximum Gasteiger partial charge on any atom is 0.389 e. The van der Waals surface area contributed by atoms with Crippen LogP contribution >= 0.6 is 0 Å². The SMILES string of the molecule is CCc1ccc(C(CO)NC(=O)Cn2ccc([N+](=O)[O-])n2)cc1. The molecule has 1 aromatic carbocycles. The van der Waals surface area contributed by atoms with Gasteiger partial charge in [0.25, 0.3) is 0 Å². The number of aromatic nitrogens is 2. The summed E-state index contributed by atoms with van der Waals surface area (Å²) in [7, 11) is 0. The Balaban J connectivity index is 1.99. The molecule has 0 radical (unpaired) electrons. The Morgan fingerprint density at radius 3 is 2.61 bits per heavy atom. The fourth-order valence-electron chi connectivity index (χ4n) is 2.14. The number of benzene rings is 1. The first-order valence-corrected chi connectivity index (χ1v) is 7.20. The van der Waals surface area contributed by atoms with Gasteiger partial charge < -0.3 is 20.5 Å². The van der Waals surface area contributed by atoms with Gasteiger partial charge in [0.05, 0.1) is 30.0 Å². The molecule has 8 nitrogen and oxygen atoms in total. The highest BCUT2D eigenvalue weighted by molar-refractivity contribution is 5.76. The molecule has 0 saturated heterocycles. The number of aryl methyl sites for hydroxylation is 1. The van der Waals surface area contributed by atoms with Crippen LogP contribution in [0.15, 0.2) is 36.5 Å². The van der Waals surface area contributed by atoms with E-state index in [9.17, 15) is 20.0 Å². The normalized spacial score (nSPS) is 11.9. The Labute approximate surface area is 132 Å². The zero-order chi connectivity index (χ0) is 16.8. The average molecular weight is 318 g/mol. The van der Waals surface area contributed by atoms with Gasteiger partial charge in [0.1, 0.15) is 6.54 Å². The number of nitrogens with one attached hydrogen (secondary N) is 1. The summed E-state index contributed by atoms with van der Waals surface area (Å²) in [4.78, 5) is 21.9. The van der Waals surface area contributed by atoms with Crippen molar-refractivity contribution < 1.29 is 14.8 Å². The molecule has 122 valence electrons. The quantitative estimate of drug-likeness (QED) is 0.589. The maximum absolute atomic E-state index is 12.0. The van der Waals surface area contributed by atoms with Crippen molar-refractivity contribution in [3.63, 3.8) is 0 Å². The number of aliphatic hydroxyl groups is 1. The first-order valence-electron chi connectivity index (χ1n) is 7.20. The van der Waals surface area contributed by atoms with E-state index in [2.05, 4.69) is 10.4 Å². The topological polar surface area (TPSA) is 110 Å². The number of hydrogen-bond acceptors (Lipinski definition) is 5. The fourth-order valence-corrected chi connectivity index (χ4v) is 2.14. The lowest BCUT2D eigenvalue weighted by molar-refractivity contribution is -0.389. The average Bonchev–Trinajstić information content (AvgIpc) is 3.01. The Morgan fingerprint density at radius 2 is 2.09 bits per heavy atom. The third kappa shape index (κ3) is 4.36. The molecule has 1 aromatic heterocycles. The van der Waals surface area contributed by atoms with E-state index < -0.39 is 11.0 Å². The van der Waals surface area contributed by atoms with E-state index in [1.807, 2.05) is 31.2 Å². The van der Waals surface area contributed by atoms with Crippen LogP contribution in [-0.2, 0) is 17.8 Å². The molecule has 1 amide bonds.